The van der Waals surface area contributed by atoms with E-state index < -0.39 is 0 Å². The summed E-state index contributed by atoms with van der Waals surface area (Å²) in [5.74, 6) is 5.69. The molecular weight excluding hydrogens is 1310 g/mol. The second kappa shape index (κ2) is 35.0. The largest absolute Gasteiger partial charge is 0.216 e. The molecule has 4 aliphatic rings. The Morgan fingerprint density at radius 1 is 0.278 bits per heavy atom. The molecule has 0 aliphatic heterocycles. The van der Waals surface area contributed by atoms with E-state index in [0.717, 1.165) is 49.4 Å². The number of aromatic nitrogens is 4. The number of fused-ring (bicyclic) bond motifs is 4. The third-order valence-corrected chi connectivity index (χ3v) is 25.0. The number of hydrogen-bond donors (Lipinski definition) is 0. The number of hydrogen-bond acceptors (Lipinski definition) is 0. The lowest BCUT2D eigenvalue weighted by Gasteiger charge is -2.16. The quantitative estimate of drug-likeness (QED) is 0.0857. The summed E-state index contributed by atoms with van der Waals surface area (Å²) in [5, 5.41) is 5.38. The van der Waals surface area contributed by atoms with Crippen LogP contribution in [0.1, 0.15) is 249 Å². The number of para-hydroxylation sites is 2. The fraction of sp³-hybridized carbons (Fsp3) is 0.423. The first-order valence-corrected chi connectivity index (χ1v) is 42.2. The van der Waals surface area contributed by atoms with Crippen molar-refractivity contribution in [1.29, 1.82) is 0 Å². The maximum absolute atomic E-state index is 2.50. The Bertz CT molecular complexity index is 5130. The number of rotatable bonds is 16. The van der Waals surface area contributed by atoms with E-state index in [-0.39, 0.29) is 0 Å². The van der Waals surface area contributed by atoms with Crippen LogP contribution >= 0.6 is 0 Å². The molecule has 0 unspecified atom stereocenters. The lowest BCUT2D eigenvalue weighted by atomic mass is 9.89. The third-order valence-electron chi connectivity index (χ3n) is 25.0. The third kappa shape index (κ3) is 17.8. The summed E-state index contributed by atoms with van der Waals surface area (Å²) in [4.78, 5) is 0. The van der Waals surface area contributed by atoms with Crippen LogP contribution in [0, 0.1) is 51.4 Å². The zero-order valence-electron chi connectivity index (χ0n) is 69.0. The Morgan fingerprint density at radius 2 is 0.639 bits per heavy atom. The molecule has 4 heterocycles. The topological polar surface area (TPSA) is 15.5 Å². The second-order valence-corrected chi connectivity index (χ2v) is 35.2. The average Bonchev–Trinajstić information content (AvgIpc) is 0.998. The van der Waals surface area contributed by atoms with E-state index >= 15 is 0 Å². The van der Waals surface area contributed by atoms with Gasteiger partial charge < -0.3 is 0 Å². The van der Waals surface area contributed by atoms with Gasteiger partial charge in [-0.1, -0.05) is 192 Å². The van der Waals surface area contributed by atoms with E-state index in [4.69, 9.17) is 0 Å². The molecule has 4 aromatic heterocycles. The molecule has 0 bridgehead atoms. The van der Waals surface area contributed by atoms with Gasteiger partial charge in [0.25, 0.3) is 0 Å². The van der Waals surface area contributed by atoms with Crippen molar-refractivity contribution in [1.82, 2.24) is 0 Å². The number of benzene rings is 8. The summed E-state index contributed by atoms with van der Waals surface area (Å²) in [7, 11) is 8.89. The summed E-state index contributed by atoms with van der Waals surface area (Å²) in [6.45, 7) is 27.4. The lowest BCUT2D eigenvalue weighted by molar-refractivity contribution is -0.634. The normalized spacial score (nSPS) is 15.1. The first-order valence-electron chi connectivity index (χ1n) is 42.2. The van der Waals surface area contributed by atoms with Gasteiger partial charge in [-0.05, 0) is 280 Å². The molecule has 4 heteroatoms. The van der Waals surface area contributed by atoms with Gasteiger partial charge in [0.05, 0.1) is 0 Å². The van der Waals surface area contributed by atoms with Gasteiger partial charge in [-0.2, -0.15) is 18.3 Å². The Morgan fingerprint density at radius 3 is 1.13 bits per heavy atom. The van der Waals surface area contributed by atoms with E-state index in [9.17, 15) is 0 Å². The van der Waals surface area contributed by atoms with Gasteiger partial charge in [0.15, 0.2) is 0 Å². The minimum Gasteiger partial charge on any atom is -0.194 e. The van der Waals surface area contributed by atoms with Crippen LogP contribution in [0.4, 0.5) is 0 Å². The molecule has 8 aromatic carbocycles. The van der Waals surface area contributed by atoms with Gasteiger partial charge in [0, 0.05) is 91.8 Å². The molecule has 0 radical (unpaired) electrons. The highest BCUT2D eigenvalue weighted by Crippen LogP contribution is 2.42. The molecule has 4 saturated carbocycles. The molecule has 0 N–H and O–H groups in total. The zero-order valence-corrected chi connectivity index (χ0v) is 69.0. The second-order valence-electron chi connectivity index (χ2n) is 35.2. The van der Waals surface area contributed by atoms with Crippen LogP contribution in [0.3, 0.4) is 0 Å². The molecule has 560 valence electrons. The molecule has 4 fully saturated rings. The van der Waals surface area contributed by atoms with Crippen molar-refractivity contribution < 1.29 is 18.3 Å². The molecule has 108 heavy (non-hydrogen) atoms. The summed E-state index contributed by atoms with van der Waals surface area (Å²) < 4.78 is 9.57. The van der Waals surface area contributed by atoms with Crippen LogP contribution in [0.2, 0.25) is 0 Å². The van der Waals surface area contributed by atoms with E-state index in [1.54, 1.807) is 0 Å². The van der Waals surface area contributed by atoms with Crippen molar-refractivity contribution in [3.63, 3.8) is 0 Å². The van der Waals surface area contributed by atoms with Gasteiger partial charge in [-0.25, -0.2) is 0 Å². The van der Waals surface area contributed by atoms with Gasteiger partial charge in [-0.3, -0.25) is 0 Å². The predicted molar refractivity (Wildman–Crippen MR) is 460 cm³/mol. The Balaban J connectivity index is 0.000000127. The van der Waals surface area contributed by atoms with E-state index in [0.29, 0.717) is 23.7 Å². The molecule has 16 rings (SSSR count). The molecule has 0 saturated heterocycles. The molecule has 4 nitrogen and oxygen atoms in total. The van der Waals surface area contributed by atoms with Crippen LogP contribution in [-0.2, 0) is 53.9 Å². The van der Waals surface area contributed by atoms with Gasteiger partial charge in [-0.15, -0.1) is 0 Å². The highest BCUT2D eigenvalue weighted by molar-refractivity contribution is 5.84. The first kappa shape index (κ1) is 77.6. The van der Waals surface area contributed by atoms with E-state index in [1.165, 1.54) is 258 Å². The van der Waals surface area contributed by atoms with E-state index in [2.05, 4.69) is 324 Å². The van der Waals surface area contributed by atoms with Crippen molar-refractivity contribution >= 4 is 43.6 Å². The maximum Gasteiger partial charge on any atom is 0.216 e. The minimum absolute atomic E-state index is 0.642. The fourth-order valence-corrected chi connectivity index (χ4v) is 19.1. The molecule has 12 aromatic rings. The molecule has 0 spiro atoms. The monoisotopic (exact) mass is 1430 g/mol. The predicted octanol–water partition coefficient (Wildman–Crippen LogP) is 26.0. The van der Waals surface area contributed by atoms with Crippen molar-refractivity contribution in [2.24, 2.45) is 51.9 Å². The van der Waals surface area contributed by atoms with Crippen LogP contribution in [0.25, 0.3) is 88.6 Å². The van der Waals surface area contributed by atoms with Crippen LogP contribution in [-0.4, -0.2) is 0 Å². The van der Waals surface area contributed by atoms with Gasteiger partial charge in [0.1, 0.15) is 28.2 Å². The Labute approximate surface area is 650 Å². The number of aryl methyl sites for hydroxylation is 8. The van der Waals surface area contributed by atoms with Crippen LogP contribution in [0.15, 0.2) is 194 Å². The molecule has 0 amide bonds. The average molecular weight is 1430 g/mol. The number of pyridine rings is 4. The minimum atomic E-state index is 0.642. The molecule has 0 atom stereocenters. The van der Waals surface area contributed by atoms with E-state index in [1.807, 2.05) is 0 Å². The van der Waals surface area contributed by atoms with Gasteiger partial charge >= 0.3 is 0 Å². The van der Waals surface area contributed by atoms with Gasteiger partial charge in [0.2, 0.25) is 44.8 Å². The SMILES string of the molecule is Cc1ccc(C2CCCC2)cc1-c1c(CC(C)C)cc2ccccc2[n+]1C.Cc1ccc(C2CCCC2)cc1-c1cc(CC(C)C)c2ccccc2[n+]1C.Cc1ccc(C2CCCC2)cc1-c1ccc2cc(CC(C)C)ccc2[n+]1C.Cc1ccc(C2CCCC2)cc1-c1ccc2ccc(CC(C)C)cc2[n+]1C. The Kier molecular flexibility index (Phi) is 25.1. The van der Waals surface area contributed by atoms with Crippen molar-refractivity contribution in [2.75, 3.05) is 0 Å². The molecular formula is C104H128N4+4. The van der Waals surface area contributed by atoms with Crippen molar-refractivity contribution in [3.05, 3.63) is 261 Å². The highest BCUT2D eigenvalue weighted by atomic mass is 15.0. The zero-order chi connectivity index (χ0) is 75.9. The summed E-state index contributed by atoms with van der Waals surface area (Å²) in [6.07, 6.45) is 26.4. The maximum atomic E-state index is 2.50. The summed E-state index contributed by atoms with van der Waals surface area (Å²) in [6, 6.07) is 74.3. The molecule has 4 aliphatic carbocycles. The summed E-state index contributed by atoms with van der Waals surface area (Å²) >= 11 is 0. The van der Waals surface area contributed by atoms with Crippen molar-refractivity contribution in [3.8, 4) is 45.0 Å². The summed E-state index contributed by atoms with van der Waals surface area (Å²) in [5.41, 5.74) is 33.7. The standard InChI is InChI=1S/4C26H32N/c1-18(2)15-23-16-22-11-7-8-12-25(22)27(4)26(23)24-17-21(14-13-19(24)3)20-9-5-6-10-20;1-18(2)15-22-17-26(27(4)25-12-8-7-11-23(22)25)24-16-21(14-13-19(24)3)20-9-5-6-10-20;1-18(2)15-20-10-13-25-23(16-20)12-14-26(27(25)4)24-17-22(11-9-19(24)3)21-7-5-6-8-21;1-18(2)15-20-10-12-22-13-14-25(27(4)26(22)16-20)24-17-23(11-9-19(24)3)21-7-5-6-8-21/h2*7-8,11-14,16-18,20H,5-6,9-10,15H2,1-4H3;2*9-14,16-18,21H,5-8,15H2,1-4H3/q4*+1. The highest BCUT2D eigenvalue weighted by Gasteiger charge is 2.29. The van der Waals surface area contributed by atoms with Crippen LogP contribution < -0.4 is 18.3 Å². The Hall–Kier alpha value is -8.60. The smallest absolute Gasteiger partial charge is 0.194 e. The lowest BCUT2D eigenvalue weighted by Crippen LogP contribution is -2.34. The fourth-order valence-electron chi connectivity index (χ4n) is 19.1. The van der Waals surface area contributed by atoms with Crippen LogP contribution in [0.5, 0.6) is 0 Å². The van der Waals surface area contributed by atoms with Crippen molar-refractivity contribution in [2.45, 2.75) is 235 Å². The first-order chi connectivity index (χ1) is 52.1. The number of nitrogens with zero attached hydrogens (tertiary/aromatic N) is 4.